The Balaban J connectivity index is 2.13. The summed E-state index contributed by atoms with van der Waals surface area (Å²) >= 11 is 0. The molecule has 1 N–H and O–H groups in total. The zero-order valence-electron chi connectivity index (χ0n) is 18.4. The van der Waals surface area contributed by atoms with Gasteiger partial charge in [-0.3, -0.25) is 4.79 Å². The van der Waals surface area contributed by atoms with Crippen molar-refractivity contribution in [2.45, 2.75) is 47.3 Å². The van der Waals surface area contributed by atoms with Crippen LogP contribution in [0.2, 0.25) is 0 Å². The SMILES string of the molecule is Cc1cc(/C=C(\C#N)C(=O)O[C@@H](C)C(=O)Nc2cccc(C#N)c2)c(C)n1CC(C)C. The maximum absolute atomic E-state index is 12.5. The van der Waals surface area contributed by atoms with Gasteiger partial charge < -0.3 is 14.6 Å². The Morgan fingerprint density at radius 3 is 2.52 bits per heavy atom. The predicted octanol–water partition coefficient (Wildman–Crippen LogP) is 4.11. The molecule has 0 spiro atoms. The van der Waals surface area contributed by atoms with Gasteiger partial charge in [-0.05, 0) is 62.6 Å². The maximum atomic E-state index is 12.5. The van der Waals surface area contributed by atoms with Crippen LogP contribution < -0.4 is 5.32 Å². The second-order valence-electron chi connectivity index (χ2n) is 7.73. The Kier molecular flexibility index (Phi) is 7.76. The lowest BCUT2D eigenvalue weighted by Gasteiger charge is -2.13. The molecule has 0 bridgehead atoms. The van der Waals surface area contributed by atoms with Gasteiger partial charge in [-0.1, -0.05) is 19.9 Å². The number of carbonyl (C=O) groups excluding carboxylic acids is 2. The quantitative estimate of drug-likeness (QED) is 0.413. The van der Waals surface area contributed by atoms with E-state index in [2.05, 4.69) is 23.7 Å². The third-order valence-corrected chi connectivity index (χ3v) is 4.71. The molecule has 2 aromatic rings. The van der Waals surface area contributed by atoms with Crippen molar-refractivity contribution in [1.29, 1.82) is 10.5 Å². The number of hydrogen-bond donors (Lipinski definition) is 1. The Morgan fingerprint density at radius 1 is 1.19 bits per heavy atom. The maximum Gasteiger partial charge on any atom is 0.349 e. The number of nitrogens with zero attached hydrogens (tertiary/aromatic N) is 3. The van der Waals surface area contributed by atoms with Crippen LogP contribution in [0, 0.1) is 42.4 Å². The van der Waals surface area contributed by atoms with Crippen molar-refractivity contribution in [3.63, 3.8) is 0 Å². The highest BCUT2D eigenvalue weighted by Gasteiger charge is 2.21. The Morgan fingerprint density at radius 2 is 1.90 bits per heavy atom. The van der Waals surface area contributed by atoms with E-state index in [-0.39, 0.29) is 5.57 Å². The van der Waals surface area contributed by atoms with Gasteiger partial charge >= 0.3 is 5.97 Å². The molecule has 0 unspecified atom stereocenters. The van der Waals surface area contributed by atoms with Crippen LogP contribution in [-0.2, 0) is 20.9 Å². The molecule has 0 aliphatic carbocycles. The van der Waals surface area contributed by atoms with E-state index in [1.54, 1.807) is 18.2 Å². The van der Waals surface area contributed by atoms with Crippen molar-refractivity contribution < 1.29 is 14.3 Å². The van der Waals surface area contributed by atoms with E-state index >= 15 is 0 Å². The number of carbonyl (C=O) groups is 2. The normalized spacial score (nSPS) is 12.1. The molecule has 31 heavy (non-hydrogen) atoms. The summed E-state index contributed by atoms with van der Waals surface area (Å²) in [4.78, 5) is 24.8. The largest absolute Gasteiger partial charge is 0.448 e. The number of amides is 1. The first kappa shape index (κ1) is 23.4. The number of nitriles is 2. The van der Waals surface area contributed by atoms with Gasteiger partial charge in [-0.25, -0.2) is 4.79 Å². The minimum atomic E-state index is -1.12. The second kappa shape index (κ2) is 10.3. The minimum absolute atomic E-state index is 0.184. The van der Waals surface area contributed by atoms with Gasteiger partial charge in [0.15, 0.2) is 6.10 Å². The van der Waals surface area contributed by atoms with Gasteiger partial charge in [-0.2, -0.15) is 10.5 Å². The fourth-order valence-corrected chi connectivity index (χ4v) is 3.10. The molecule has 2 rings (SSSR count). The lowest BCUT2D eigenvalue weighted by molar-refractivity contribution is -0.148. The zero-order valence-corrected chi connectivity index (χ0v) is 18.4. The molecular weight excluding hydrogens is 392 g/mol. The van der Waals surface area contributed by atoms with E-state index in [0.717, 1.165) is 23.5 Å². The number of nitrogens with one attached hydrogen (secondary N) is 1. The van der Waals surface area contributed by atoms with E-state index in [9.17, 15) is 14.9 Å². The number of rotatable bonds is 7. The molecule has 1 atom stereocenters. The molecular formula is C24H26N4O3. The summed E-state index contributed by atoms with van der Waals surface area (Å²) < 4.78 is 7.34. The van der Waals surface area contributed by atoms with Crippen molar-refractivity contribution in [1.82, 2.24) is 4.57 Å². The number of esters is 1. The molecule has 1 aromatic carbocycles. The topological polar surface area (TPSA) is 108 Å². The first-order chi connectivity index (χ1) is 14.7. The van der Waals surface area contributed by atoms with Crippen molar-refractivity contribution >= 4 is 23.6 Å². The Hall–Kier alpha value is -3.84. The number of ether oxygens (including phenoxy) is 1. The monoisotopic (exact) mass is 418 g/mol. The number of hydrogen-bond acceptors (Lipinski definition) is 5. The fourth-order valence-electron chi connectivity index (χ4n) is 3.10. The van der Waals surface area contributed by atoms with Crippen LogP contribution >= 0.6 is 0 Å². The summed E-state index contributed by atoms with van der Waals surface area (Å²) in [6, 6.07) is 12.2. The van der Waals surface area contributed by atoms with Crippen LogP contribution in [0.4, 0.5) is 5.69 Å². The molecule has 1 amide bonds. The number of aryl methyl sites for hydroxylation is 1. The van der Waals surface area contributed by atoms with Gasteiger partial charge in [0.2, 0.25) is 0 Å². The van der Waals surface area contributed by atoms with Gasteiger partial charge in [0.1, 0.15) is 11.6 Å². The average Bonchev–Trinajstić information content (AvgIpc) is 2.98. The lowest BCUT2D eigenvalue weighted by atomic mass is 10.1. The molecule has 7 heteroatoms. The average molecular weight is 418 g/mol. The van der Waals surface area contributed by atoms with Crippen molar-refractivity contribution in [2.75, 3.05) is 5.32 Å². The Bertz CT molecular complexity index is 1100. The van der Waals surface area contributed by atoms with E-state index < -0.39 is 18.0 Å². The van der Waals surface area contributed by atoms with Gasteiger partial charge in [0.25, 0.3) is 5.91 Å². The number of aromatic nitrogens is 1. The summed E-state index contributed by atoms with van der Waals surface area (Å²) in [5, 5.41) is 21.0. The summed E-state index contributed by atoms with van der Waals surface area (Å²) in [7, 11) is 0. The highest BCUT2D eigenvalue weighted by atomic mass is 16.5. The molecule has 1 aromatic heterocycles. The molecule has 0 saturated carbocycles. The smallest absolute Gasteiger partial charge is 0.349 e. The molecule has 0 radical (unpaired) electrons. The third-order valence-electron chi connectivity index (χ3n) is 4.71. The highest BCUT2D eigenvalue weighted by Crippen LogP contribution is 2.20. The van der Waals surface area contributed by atoms with Crippen LogP contribution in [0.25, 0.3) is 6.08 Å². The molecule has 0 aliphatic rings. The van der Waals surface area contributed by atoms with Crippen molar-refractivity contribution in [2.24, 2.45) is 5.92 Å². The molecule has 1 heterocycles. The van der Waals surface area contributed by atoms with Crippen LogP contribution in [0.5, 0.6) is 0 Å². The molecule has 0 saturated heterocycles. The standard InChI is InChI=1S/C24H26N4O3/c1-15(2)14-28-16(3)9-20(17(28)4)11-21(13-26)24(30)31-18(5)23(29)27-22-8-6-7-19(10-22)12-25/h6-11,15,18H,14H2,1-5H3,(H,27,29)/b21-11+/t18-/m0/s1. The Labute approximate surface area is 182 Å². The first-order valence-electron chi connectivity index (χ1n) is 9.96. The fraction of sp³-hybridized carbons (Fsp3) is 0.333. The zero-order chi connectivity index (χ0) is 23.1. The van der Waals surface area contributed by atoms with E-state index in [0.29, 0.717) is 17.2 Å². The van der Waals surface area contributed by atoms with Gasteiger partial charge in [0.05, 0.1) is 11.6 Å². The van der Waals surface area contributed by atoms with Crippen LogP contribution in [0.1, 0.15) is 43.3 Å². The summed E-state index contributed by atoms with van der Waals surface area (Å²) in [6.45, 7) is 10.4. The summed E-state index contributed by atoms with van der Waals surface area (Å²) in [6.07, 6.45) is 0.367. The van der Waals surface area contributed by atoms with Gasteiger partial charge in [-0.15, -0.1) is 0 Å². The van der Waals surface area contributed by atoms with Crippen molar-refractivity contribution in [3.05, 3.63) is 58.4 Å². The number of anilines is 1. The van der Waals surface area contributed by atoms with E-state index in [1.807, 2.05) is 32.1 Å². The molecule has 160 valence electrons. The second-order valence-corrected chi connectivity index (χ2v) is 7.73. The van der Waals surface area contributed by atoms with Crippen LogP contribution in [-0.4, -0.2) is 22.5 Å². The molecule has 0 aliphatic heterocycles. The van der Waals surface area contributed by atoms with E-state index in [1.165, 1.54) is 19.1 Å². The predicted molar refractivity (Wildman–Crippen MR) is 118 cm³/mol. The highest BCUT2D eigenvalue weighted by molar-refractivity contribution is 6.01. The number of benzene rings is 1. The molecule has 7 nitrogen and oxygen atoms in total. The summed E-state index contributed by atoms with van der Waals surface area (Å²) in [5.41, 5.74) is 3.38. The van der Waals surface area contributed by atoms with E-state index in [4.69, 9.17) is 10.00 Å². The van der Waals surface area contributed by atoms with Crippen molar-refractivity contribution in [3.8, 4) is 12.1 Å². The minimum Gasteiger partial charge on any atom is -0.448 e. The first-order valence-corrected chi connectivity index (χ1v) is 9.96. The van der Waals surface area contributed by atoms with Gasteiger partial charge in [0, 0.05) is 23.6 Å². The lowest BCUT2D eigenvalue weighted by Crippen LogP contribution is -2.30. The molecule has 0 fully saturated rings. The van der Waals surface area contributed by atoms with Crippen LogP contribution in [0.15, 0.2) is 35.9 Å². The van der Waals surface area contributed by atoms with Crippen LogP contribution in [0.3, 0.4) is 0 Å². The third kappa shape index (κ3) is 6.07. The summed E-state index contributed by atoms with van der Waals surface area (Å²) in [5.74, 6) is -0.976.